The SMILES string of the molecule is NC(=NCc1ccn[nH]1)Nc1ccc(OC(F)(F)F)cc1. The number of halogens is 3. The predicted molar refractivity (Wildman–Crippen MR) is 70.7 cm³/mol. The average Bonchev–Trinajstić information content (AvgIpc) is 2.90. The van der Waals surface area contributed by atoms with Crippen LogP contribution in [0, 0.1) is 0 Å². The van der Waals surface area contributed by atoms with E-state index in [1.165, 1.54) is 24.3 Å². The highest BCUT2D eigenvalue weighted by Crippen LogP contribution is 2.23. The van der Waals surface area contributed by atoms with E-state index in [2.05, 4.69) is 25.2 Å². The van der Waals surface area contributed by atoms with Crippen molar-refractivity contribution in [3.63, 3.8) is 0 Å². The number of H-pyrrole nitrogens is 1. The molecule has 4 N–H and O–H groups in total. The van der Waals surface area contributed by atoms with Crippen molar-refractivity contribution in [1.29, 1.82) is 0 Å². The number of alkyl halides is 3. The number of hydrogen-bond acceptors (Lipinski definition) is 3. The van der Waals surface area contributed by atoms with Crippen molar-refractivity contribution < 1.29 is 17.9 Å². The van der Waals surface area contributed by atoms with E-state index < -0.39 is 6.36 Å². The van der Waals surface area contributed by atoms with Crippen molar-refractivity contribution in [2.24, 2.45) is 10.7 Å². The molecule has 0 aliphatic heterocycles. The first kappa shape index (κ1) is 14.7. The quantitative estimate of drug-likeness (QED) is 0.596. The molecule has 0 aliphatic rings. The molecule has 0 unspecified atom stereocenters. The summed E-state index contributed by atoms with van der Waals surface area (Å²) in [4.78, 5) is 4.04. The van der Waals surface area contributed by atoms with Crippen molar-refractivity contribution in [3.8, 4) is 5.75 Å². The average molecular weight is 299 g/mol. The summed E-state index contributed by atoms with van der Waals surface area (Å²) < 4.78 is 39.8. The molecule has 112 valence electrons. The van der Waals surface area contributed by atoms with Crippen molar-refractivity contribution in [1.82, 2.24) is 10.2 Å². The molecule has 21 heavy (non-hydrogen) atoms. The lowest BCUT2D eigenvalue weighted by atomic mass is 10.3. The van der Waals surface area contributed by atoms with E-state index in [4.69, 9.17) is 5.73 Å². The number of aliphatic imine (C=N–C) groups is 1. The monoisotopic (exact) mass is 299 g/mol. The van der Waals surface area contributed by atoms with Crippen LogP contribution in [0.3, 0.4) is 0 Å². The molecule has 0 radical (unpaired) electrons. The van der Waals surface area contributed by atoms with E-state index in [1.807, 2.05) is 0 Å². The highest BCUT2D eigenvalue weighted by atomic mass is 19.4. The molecule has 9 heteroatoms. The molecule has 2 rings (SSSR count). The molecule has 6 nitrogen and oxygen atoms in total. The second kappa shape index (κ2) is 6.16. The third kappa shape index (κ3) is 5.05. The Hall–Kier alpha value is -2.71. The molecule has 0 bridgehead atoms. The molecule has 0 aliphatic carbocycles. The molecule has 0 saturated carbocycles. The molecule has 0 saturated heterocycles. The number of aromatic amines is 1. The highest BCUT2D eigenvalue weighted by Gasteiger charge is 2.30. The predicted octanol–water partition coefficient (Wildman–Crippen LogP) is 2.24. The van der Waals surface area contributed by atoms with Crippen molar-refractivity contribution in [3.05, 3.63) is 42.2 Å². The van der Waals surface area contributed by atoms with Crippen LogP contribution in [-0.4, -0.2) is 22.5 Å². The molecular weight excluding hydrogens is 287 g/mol. The smallest absolute Gasteiger partial charge is 0.406 e. The molecule has 0 atom stereocenters. The van der Waals surface area contributed by atoms with Crippen LogP contribution in [-0.2, 0) is 6.54 Å². The zero-order chi connectivity index (χ0) is 15.3. The van der Waals surface area contributed by atoms with Crippen molar-refractivity contribution in [2.75, 3.05) is 5.32 Å². The van der Waals surface area contributed by atoms with Gasteiger partial charge in [-0.15, -0.1) is 13.2 Å². The largest absolute Gasteiger partial charge is 0.573 e. The van der Waals surface area contributed by atoms with E-state index in [-0.39, 0.29) is 11.7 Å². The van der Waals surface area contributed by atoms with Gasteiger partial charge in [0.2, 0.25) is 0 Å². The van der Waals surface area contributed by atoms with Crippen LogP contribution in [0.15, 0.2) is 41.5 Å². The van der Waals surface area contributed by atoms with Gasteiger partial charge in [0.05, 0.1) is 12.2 Å². The zero-order valence-corrected chi connectivity index (χ0v) is 10.7. The van der Waals surface area contributed by atoms with Gasteiger partial charge in [-0.05, 0) is 30.3 Å². The Labute approximate surface area is 117 Å². The zero-order valence-electron chi connectivity index (χ0n) is 10.7. The summed E-state index contributed by atoms with van der Waals surface area (Å²) in [5.74, 6) is -0.171. The Morgan fingerprint density at radius 2 is 2.00 bits per heavy atom. The molecule has 1 heterocycles. The van der Waals surface area contributed by atoms with E-state index in [1.54, 1.807) is 12.3 Å². The summed E-state index contributed by atoms with van der Waals surface area (Å²) in [6.07, 6.45) is -3.12. The van der Waals surface area contributed by atoms with Crippen LogP contribution in [0.4, 0.5) is 18.9 Å². The number of rotatable bonds is 4. The normalized spacial score (nSPS) is 12.2. The molecule has 1 aromatic heterocycles. The van der Waals surface area contributed by atoms with Crippen LogP contribution in [0.5, 0.6) is 5.75 Å². The van der Waals surface area contributed by atoms with E-state index in [0.717, 1.165) is 5.69 Å². The molecule has 0 fully saturated rings. The molecular formula is C12H12F3N5O. The minimum Gasteiger partial charge on any atom is -0.406 e. The fourth-order valence-electron chi connectivity index (χ4n) is 1.47. The van der Waals surface area contributed by atoms with Crippen molar-refractivity contribution >= 4 is 11.6 Å². The molecule has 1 aromatic carbocycles. The maximum Gasteiger partial charge on any atom is 0.573 e. The van der Waals surface area contributed by atoms with E-state index >= 15 is 0 Å². The van der Waals surface area contributed by atoms with Gasteiger partial charge in [0, 0.05) is 11.9 Å². The first-order chi connectivity index (χ1) is 9.92. The number of aromatic nitrogens is 2. The Balaban J connectivity index is 1.92. The Morgan fingerprint density at radius 1 is 1.29 bits per heavy atom. The number of benzene rings is 1. The fourth-order valence-corrected chi connectivity index (χ4v) is 1.47. The third-order valence-corrected chi connectivity index (χ3v) is 2.34. The van der Waals surface area contributed by atoms with Gasteiger partial charge in [-0.1, -0.05) is 0 Å². The van der Waals surface area contributed by atoms with Gasteiger partial charge in [-0.3, -0.25) is 5.10 Å². The number of nitrogens with one attached hydrogen (secondary N) is 2. The van der Waals surface area contributed by atoms with Gasteiger partial charge < -0.3 is 15.8 Å². The lowest BCUT2D eigenvalue weighted by Crippen LogP contribution is -2.22. The summed E-state index contributed by atoms with van der Waals surface area (Å²) >= 11 is 0. The number of nitrogens with two attached hydrogens (primary N) is 1. The van der Waals surface area contributed by atoms with Gasteiger partial charge in [-0.25, -0.2) is 4.99 Å². The number of anilines is 1. The van der Waals surface area contributed by atoms with Crippen LogP contribution >= 0.6 is 0 Å². The van der Waals surface area contributed by atoms with Gasteiger partial charge in [0.1, 0.15) is 5.75 Å². The van der Waals surface area contributed by atoms with Gasteiger partial charge in [-0.2, -0.15) is 5.10 Å². The molecule has 0 spiro atoms. The number of nitrogens with zero attached hydrogens (tertiary/aromatic N) is 2. The molecule has 2 aromatic rings. The van der Waals surface area contributed by atoms with E-state index in [9.17, 15) is 13.2 Å². The van der Waals surface area contributed by atoms with Crippen LogP contribution in [0.25, 0.3) is 0 Å². The van der Waals surface area contributed by atoms with Crippen molar-refractivity contribution in [2.45, 2.75) is 12.9 Å². The standard InChI is InChI=1S/C12H12F3N5O/c13-12(14,15)21-10-3-1-8(2-4-10)19-11(16)17-7-9-5-6-18-20-9/h1-6H,7H2,(H,18,20)(H3,16,17,19). The number of hydrogen-bond donors (Lipinski definition) is 3. The number of ether oxygens (including phenoxy) is 1. The maximum atomic E-state index is 12.0. The van der Waals surface area contributed by atoms with Gasteiger partial charge >= 0.3 is 6.36 Å². The van der Waals surface area contributed by atoms with Crippen LogP contribution < -0.4 is 15.8 Å². The summed E-state index contributed by atoms with van der Waals surface area (Å²) in [6, 6.07) is 6.91. The van der Waals surface area contributed by atoms with Crippen LogP contribution in [0.2, 0.25) is 0 Å². The summed E-state index contributed by atoms with van der Waals surface area (Å²) in [5, 5.41) is 9.23. The fraction of sp³-hybridized carbons (Fsp3) is 0.167. The first-order valence-electron chi connectivity index (χ1n) is 5.83. The third-order valence-electron chi connectivity index (χ3n) is 2.34. The first-order valence-corrected chi connectivity index (χ1v) is 5.83. The van der Waals surface area contributed by atoms with Gasteiger partial charge in [0.15, 0.2) is 5.96 Å². The minimum atomic E-state index is -4.71. The topological polar surface area (TPSA) is 88.3 Å². The second-order valence-corrected chi connectivity index (χ2v) is 3.98. The Bertz CT molecular complexity index is 592. The summed E-state index contributed by atoms with van der Waals surface area (Å²) in [6.45, 7) is 0.314. The highest BCUT2D eigenvalue weighted by molar-refractivity contribution is 5.92. The van der Waals surface area contributed by atoms with Crippen LogP contribution in [0.1, 0.15) is 5.69 Å². The van der Waals surface area contributed by atoms with Gasteiger partial charge in [0.25, 0.3) is 0 Å². The summed E-state index contributed by atoms with van der Waals surface area (Å²) in [5.41, 5.74) is 6.94. The number of guanidine groups is 1. The summed E-state index contributed by atoms with van der Waals surface area (Å²) in [7, 11) is 0. The Kier molecular flexibility index (Phi) is 4.31. The molecule has 0 amide bonds. The second-order valence-electron chi connectivity index (χ2n) is 3.98. The maximum absolute atomic E-state index is 12.0. The lowest BCUT2D eigenvalue weighted by Gasteiger charge is -2.10. The Morgan fingerprint density at radius 3 is 2.57 bits per heavy atom. The lowest BCUT2D eigenvalue weighted by molar-refractivity contribution is -0.274. The minimum absolute atomic E-state index is 0.133. The van der Waals surface area contributed by atoms with E-state index in [0.29, 0.717) is 12.2 Å².